The SMILES string of the molecule is O=Cc1cc(F)ccc1Oc1ccc(OCCO)cc1. The largest absolute Gasteiger partial charge is 0.491 e. The molecule has 1 N–H and O–H groups in total. The molecule has 2 aromatic rings. The van der Waals surface area contributed by atoms with E-state index in [2.05, 4.69) is 0 Å². The first-order valence-corrected chi connectivity index (χ1v) is 5.99. The maximum Gasteiger partial charge on any atom is 0.153 e. The first-order valence-electron chi connectivity index (χ1n) is 5.99. The van der Waals surface area contributed by atoms with E-state index in [4.69, 9.17) is 14.6 Å². The summed E-state index contributed by atoms with van der Waals surface area (Å²) in [5, 5.41) is 8.64. The van der Waals surface area contributed by atoms with Gasteiger partial charge >= 0.3 is 0 Å². The summed E-state index contributed by atoms with van der Waals surface area (Å²) in [6.07, 6.45) is 0.539. The van der Waals surface area contributed by atoms with Crippen LogP contribution < -0.4 is 9.47 Å². The van der Waals surface area contributed by atoms with Gasteiger partial charge in [0.05, 0.1) is 12.2 Å². The normalized spacial score (nSPS) is 10.1. The number of ether oxygens (including phenoxy) is 2. The summed E-state index contributed by atoms with van der Waals surface area (Å²) in [5.74, 6) is 0.884. The highest BCUT2D eigenvalue weighted by Gasteiger charge is 2.06. The summed E-state index contributed by atoms with van der Waals surface area (Å²) in [4.78, 5) is 10.9. The second kappa shape index (κ2) is 6.68. The van der Waals surface area contributed by atoms with E-state index in [1.165, 1.54) is 12.1 Å². The van der Waals surface area contributed by atoms with Crippen molar-refractivity contribution in [3.05, 3.63) is 53.8 Å². The van der Waals surface area contributed by atoms with Crippen LogP contribution in [0.1, 0.15) is 10.4 Å². The zero-order valence-electron chi connectivity index (χ0n) is 10.6. The predicted octanol–water partition coefficient (Wildman–Crippen LogP) is 2.80. The van der Waals surface area contributed by atoms with E-state index in [-0.39, 0.29) is 24.5 Å². The molecule has 0 bridgehead atoms. The standard InChI is InChI=1S/C15H13FO4/c16-12-1-6-15(11(9-12)10-18)20-14-4-2-13(3-5-14)19-8-7-17/h1-6,9-10,17H,7-8H2. The van der Waals surface area contributed by atoms with Crippen molar-refractivity contribution in [1.82, 2.24) is 0 Å². The van der Waals surface area contributed by atoms with Crippen molar-refractivity contribution in [1.29, 1.82) is 0 Å². The van der Waals surface area contributed by atoms with Crippen molar-refractivity contribution in [3.63, 3.8) is 0 Å². The Morgan fingerprint density at radius 1 is 1.10 bits per heavy atom. The van der Waals surface area contributed by atoms with Crippen LogP contribution in [-0.2, 0) is 0 Å². The molecule has 0 radical (unpaired) electrons. The summed E-state index contributed by atoms with van der Waals surface area (Å²) in [6, 6.07) is 10.4. The van der Waals surface area contributed by atoms with Gasteiger partial charge in [0.2, 0.25) is 0 Å². The summed E-state index contributed by atoms with van der Waals surface area (Å²) < 4.78 is 23.7. The van der Waals surface area contributed by atoms with Crippen molar-refractivity contribution in [2.75, 3.05) is 13.2 Å². The van der Waals surface area contributed by atoms with E-state index in [1.54, 1.807) is 24.3 Å². The maximum atomic E-state index is 13.0. The van der Waals surface area contributed by atoms with Gasteiger partial charge in [0.15, 0.2) is 6.29 Å². The van der Waals surface area contributed by atoms with Gasteiger partial charge in [-0.05, 0) is 42.5 Å². The highest BCUT2D eigenvalue weighted by atomic mass is 19.1. The van der Waals surface area contributed by atoms with Crippen LogP contribution in [0.25, 0.3) is 0 Å². The first kappa shape index (κ1) is 14.0. The molecule has 0 amide bonds. The Labute approximate surface area is 115 Å². The van der Waals surface area contributed by atoms with Crippen LogP contribution in [0.4, 0.5) is 4.39 Å². The molecular weight excluding hydrogens is 263 g/mol. The van der Waals surface area contributed by atoms with Crippen LogP contribution in [-0.4, -0.2) is 24.6 Å². The van der Waals surface area contributed by atoms with E-state index in [9.17, 15) is 9.18 Å². The molecule has 104 valence electrons. The molecule has 20 heavy (non-hydrogen) atoms. The van der Waals surface area contributed by atoms with Gasteiger partial charge in [-0.3, -0.25) is 4.79 Å². The van der Waals surface area contributed by atoms with Crippen LogP contribution >= 0.6 is 0 Å². The monoisotopic (exact) mass is 276 g/mol. The van der Waals surface area contributed by atoms with E-state index in [0.717, 1.165) is 6.07 Å². The van der Waals surface area contributed by atoms with Gasteiger partial charge in [-0.25, -0.2) is 4.39 Å². The van der Waals surface area contributed by atoms with E-state index in [1.807, 2.05) is 0 Å². The Morgan fingerprint density at radius 3 is 2.45 bits per heavy atom. The van der Waals surface area contributed by atoms with Crippen molar-refractivity contribution < 1.29 is 23.8 Å². The highest BCUT2D eigenvalue weighted by Crippen LogP contribution is 2.26. The van der Waals surface area contributed by atoms with Gasteiger partial charge in [-0.1, -0.05) is 0 Å². The fourth-order valence-corrected chi connectivity index (χ4v) is 1.60. The molecule has 0 aliphatic rings. The molecule has 2 aromatic carbocycles. The number of aliphatic hydroxyl groups is 1. The lowest BCUT2D eigenvalue weighted by molar-refractivity contribution is 0.112. The predicted molar refractivity (Wildman–Crippen MR) is 70.9 cm³/mol. The minimum Gasteiger partial charge on any atom is -0.491 e. The lowest BCUT2D eigenvalue weighted by Crippen LogP contribution is -2.01. The fraction of sp³-hybridized carbons (Fsp3) is 0.133. The van der Waals surface area contributed by atoms with Crippen LogP contribution in [0.3, 0.4) is 0 Å². The van der Waals surface area contributed by atoms with Crippen LogP contribution in [0.15, 0.2) is 42.5 Å². The quantitative estimate of drug-likeness (QED) is 0.824. The molecule has 2 rings (SSSR count). The number of aldehydes is 1. The van der Waals surface area contributed by atoms with Crippen LogP contribution in [0, 0.1) is 5.82 Å². The smallest absolute Gasteiger partial charge is 0.153 e. The molecule has 0 aliphatic carbocycles. The van der Waals surface area contributed by atoms with E-state index in [0.29, 0.717) is 17.8 Å². The Balaban J connectivity index is 2.12. The number of rotatable bonds is 6. The number of hydrogen-bond donors (Lipinski definition) is 1. The molecular formula is C15H13FO4. The lowest BCUT2D eigenvalue weighted by Gasteiger charge is -2.09. The van der Waals surface area contributed by atoms with E-state index >= 15 is 0 Å². The number of halogens is 1. The molecule has 0 aliphatic heterocycles. The zero-order chi connectivity index (χ0) is 14.4. The Hall–Kier alpha value is -2.40. The fourth-order valence-electron chi connectivity index (χ4n) is 1.60. The number of carbonyl (C=O) groups is 1. The Morgan fingerprint density at radius 2 is 1.80 bits per heavy atom. The lowest BCUT2D eigenvalue weighted by atomic mass is 10.2. The first-order chi connectivity index (χ1) is 9.72. The van der Waals surface area contributed by atoms with Gasteiger partial charge in [0, 0.05) is 0 Å². The molecule has 0 atom stereocenters. The Kier molecular flexibility index (Phi) is 4.68. The number of benzene rings is 2. The highest BCUT2D eigenvalue weighted by molar-refractivity contribution is 5.79. The van der Waals surface area contributed by atoms with Gasteiger partial charge in [-0.15, -0.1) is 0 Å². The molecule has 4 nitrogen and oxygen atoms in total. The third-order valence-corrected chi connectivity index (χ3v) is 2.51. The molecule has 0 aromatic heterocycles. The molecule has 0 unspecified atom stereocenters. The average molecular weight is 276 g/mol. The number of aliphatic hydroxyl groups excluding tert-OH is 1. The van der Waals surface area contributed by atoms with Gasteiger partial charge in [0.25, 0.3) is 0 Å². The van der Waals surface area contributed by atoms with E-state index < -0.39 is 5.82 Å². The third kappa shape index (κ3) is 3.55. The second-order valence-corrected chi connectivity index (χ2v) is 3.95. The van der Waals surface area contributed by atoms with Crippen molar-refractivity contribution in [2.24, 2.45) is 0 Å². The number of hydrogen-bond acceptors (Lipinski definition) is 4. The Bertz CT molecular complexity index is 581. The number of carbonyl (C=O) groups excluding carboxylic acids is 1. The summed E-state index contributed by atoms with van der Waals surface area (Å²) in [7, 11) is 0. The molecule has 5 heteroatoms. The maximum absolute atomic E-state index is 13.0. The van der Waals surface area contributed by atoms with Crippen molar-refractivity contribution in [2.45, 2.75) is 0 Å². The van der Waals surface area contributed by atoms with Gasteiger partial charge in [-0.2, -0.15) is 0 Å². The molecule has 0 spiro atoms. The summed E-state index contributed by atoms with van der Waals surface area (Å²) in [5.41, 5.74) is 0.144. The molecule has 0 heterocycles. The van der Waals surface area contributed by atoms with Gasteiger partial charge < -0.3 is 14.6 Å². The zero-order valence-corrected chi connectivity index (χ0v) is 10.6. The van der Waals surface area contributed by atoms with Crippen LogP contribution in [0.2, 0.25) is 0 Å². The average Bonchev–Trinajstić information content (AvgIpc) is 2.48. The summed E-state index contributed by atoms with van der Waals surface area (Å²) >= 11 is 0. The second-order valence-electron chi connectivity index (χ2n) is 3.95. The molecule has 0 fully saturated rings. The summed E-state index contributed by atoms with van der Waals surface area (Å²) in [6.45, 7) is 0.157. The minimum atomic E-state index is -0.493. The van der Waals surface area contributed by atoms with Crippen LogP contribution in [0.5, 0.6) is 17.2 Å². The third-order valence-electron chi connectivity index (χ3n) is 2.51. The molecule has 0 saturated carbocycles. The minimum absolute atomic E-state index is 0.0590. The van der Waals surface area contributed by atoms with Crippen molar-refractivity contribution >= 4 is 6.29 Å². The van der Waals surface area contributed by atoms with Crippen molar-refractivity contribution in [3.8, 4) is 17.2 Å². The van der Waals surface area contributed by atoms with Gasteiger partial charge in [0.1, 0.15) is 29.7 Å². The molecule has 0 saturated heterocycles. The topological polar surface area (TPSA) is 55.8 Å².